The van der Waals surface area contributed by atoms with E-state index in [-0.39, 0.29) is 5.78 Å². The molecule has 0 atom stereocenters. The molecule has 0 amide bonds. The van der Waals surface area contributed by atoms with E-state index in [1.807, 2.05) is 29.7 Å². The minimum absolute atomic E-state index is 0.260. The van der Waals surface area contributed by atoms with E-state index in [4.69, 9.17) is 0 Å². The molecule has 0 spiro atoms. The minimum atomic E-state index is 0.260. The summed E-state index contributed by atoms with van der Waals surface area (Å²) in [6.45, 7) is 0. The quantitative estimate of drug-likeness (QED) is 0.622. The maximum absolute atomic E-state index is 11.4. The number of hydrogen-bond donors (Lipinski definition) is 0. The molecule has 1 aliphatic carbocycles. The first-order chi connectivity index (χ1) is 6.36. The van der Waals surface area contributed by atoms with E-state index in [0.29, 0.717) is 6.42 Å². The van der Waals surface area contributed by atoms with Gasteiger partial charge in [0.1, 0.15) is 0 Å². The molecule has 0 saturated heterocycles. The van der Waals surface area contributed by atoms with Crippen molar-refractivity contribution in [2.45, 2.75) is 12.8 Å². The molecular weight excluding hydrogens is 180 g/mol. The standard InChI is InChI=1S/C11H10OS/c12-11-6-2-1-4-9(11)8-10-5-3-7-13-10/h1,3-5,7-8H,2,6H2. The molecule has 0 N–H and O–H groups in total. The molecule has 1 heterocycles. The van der Waals surface area contributed by atoms with Gasteiger partial charge in [-0.1, -0.05) is 18.2 Å². The summed E-state index contributed by atoms with van der Waals surface area (Å²) < 4.78 is 0. The van der Waals surface area contributed by atoms with Crippen LogP contribution in [-0.4, -0.2) is 5.78 Å². The van der Waals surface area contributed by atoms with Crippen molar-refractivity contribution in [2.24, 2.45) is 0 Å². The second-order valence-electron chi connectivity index (χ2n) is 2.98. The zero-order valence-corrected chi connectivity index (χ0v) is 8.01. The Morgan fingerprint density at radius 3 is 3.08 bits per heavy atom. The summed E-state index contributed by atoms with van der Waals surface area (Å²) in [6, 6.07) is 4.02. The maximum Gasteiger partial charge on any atom is 0.163 e. The van der Waals surface area contributed by atoms with Crippen molar-refractivity contribution in [3.63, 3.8) is 0 Å². The summed E-state index contributed by atoms with van der Waals surface area (Å²) in [5.74, 6) is 0.260. The zero-order chi connectivity index (χ0) is 9.10. The van der Waals surface area contributed by atoms with Crippen LogP contribution in [0.2, 0.25) is 0 Å². The van der Waals surface area contributed by atoms with Gasteiger partial charge in [0.2, 0.25) is 0 Å². The van der Waals surface area contributed by atoms with Crippen molar-refractivity contribution < 1.29 is 4.79 Å². The van der Waals surface area contributed by atoms with Crippen LogP contribution in [0.1, 0.15) is 17.7 Å². The molecule has 13 heavy (non-hydrogen) atoms. The van der Waals surface area contributed by atoms with Gasteiger partial charge in [0.15, 0.2) is 5.78 Å². The van der Waals surface area contributed by atoms with Crippen molar-refractivity contribution >= 4 is 23.2 Å². The number of carbonyl (C=O) groups excluding carboxylic acids is 1. The van der Waals surface area contributed by atoms with Gasteiger partial charge in [0, 0.05) is 16.9 Å². The van der Waals surface area contributed by atoms with Crippen LogP contribution < -0.4 is 0 Å². The molecule has 0 bridgehead atoms. The fourth-order valence-corrected chi connectivity index (χ4v) is 1.98. The van der Waals surface area contributed by atoms with Gasteiger partial charge in [-0.05, 0) is 23.9 Å². The first-order valence-corrected chi connectivity index (χ1v) is 5.19. The Balaban J connectivity index is 2.29. The highest BCUT2D eigenvalue weighted by Crippen LogP contribution is 2.18. The maximum atomic E-state index is 11.4. The molecule has 0 unspecified atom stereocenters. The molecule has 0 fully saturated rings. The predicted octanol–water partition coefficient (Wildman–Crippen LogP) is 3.05. The molecule has 66 valence electrons. The van der Waals surface area contributed by atoms with Crippen LogP contribution in [-0.2, 0) is 4.79 Å². The molecule has 0 radical (unpaired) electrons. The highest BCUT2D eigenvalue weighted by molar-refractivity contribution is 7.10. The summed E-state index contributed by atoms with van der Waals surface area (Å²) >= 11 is 1.66. The predicted molar refractivity (Wildman–Crippen MR) is 55.7 cm³/mol. The van der Waals surface area contributed by atoms with Crippen LogP contribution in [0, 0.1) is 0 Å². The fourth-order valence-electron chi connectivity index (χ4n) is 1.32. The minimum Gasteiger partial charge on any atom is -0.294 e. The van der Waals surface area contributed by atoms with Gasteiger partial charge in [-0.25, -0.2) is 0 Å². The van der Waals surface area contributed by atoms with E-state index in [9.17, 15) is 4.79 Å². The van der Waals surface area contributed by atoms with E-state index in [0.717, 1.165) is 16.9 Å². The molecule has 0 aromatic carbocycles. The number of rotatable bonds is 1. The summed E-state index contributed by atoms with van der Waals surface area (Å²) in [5.41, 5.74) is 0.841. The Hall–Kier alpha value is -1.15. The van der Waals surface area contributed by atoms with Crippen molar-refractivity contribution in [3.05, 3.63) is 40.1 Å². The number of Topliss-reactive ketones (excluding diaryl/α,β-unsaturated/α-hetero) is 1. The van der Waals surface area contributed by atoms with Crippen LogP contribution in [0.5, 0.6) is 0 Å². The van der Waals surface area contributed by atoms with Crippen molar-refractivity contribution in [1.82, 2.24) is 0 Å². The third-order valence-corrected chi connectivity index (χ3v) is 2.82. The molecular formula is C11H10OS. The Kier molecular flexibility index (Phi) is 2.41. The highest BCUT2D eigenvalue weighted by atomic mass is 32.1. The Morgan fingerprint density at radius 2 is 2.38 bits per heavy atom. The van der Waals surface area contributed by atoms with Crippen LogP contribution in [0.25, 0.3) is 6.08 Å². The van der Waals surface area contributed by atoms with Gasteiger partial charge in [-0.15, -0.1) is 11.3 Å². The van der Waals surface area contributed by atoms with E-state index >= 15 is 0 Å². The normalized spacial score (nSPS) is 19.7. The lowest BCUT2D eigenvalue weighted by atomic mass is 10.00. The lowest BCUT2D eigenvalue weighted by molar-refractivity contribution is -0.115. The number of thiophene rings is 1. The molecule has 2 rings (SSSR count). The zero-order valence-electron chi connectivity index (χ0n) is 7.19. The van der Waals surface area contributed by atoms with Crippen molar-refractivity contribution in [1.29, 1.82) is 0 Å². The molecule has 1 aromatic heterocycles. The average Bonchev–Trinajstić information content (AvgIpc) is 2.61. The summed E-state index contributed by atoms with van der Waals surface area (Å²) in [6.07, 6.45) is 7.49. The number of hydrogen-bond acceptors (Lipinski definition) is 2. The van der Waals surface area contributed by atoms with E-state index in [2.05, 4.69) is 6.08 Å². The lowest BCUT2D eigenvalue weighted by Crippen LogP contribution is -2.03. The van der Waals surface area contributed by atoms with Crippen molar-refractivity contribution in [2.75, 3.05) is 0 Å². The third-order valence-electron chi connectivity index (χ3n) is 2.00. The van der Waals surface area contributed by atoms with Crippen LogP contribution in [0.4, 0.5) is 0 Å². The van der Waals surface area contributed by atoms with Gasteiger partial charge < -0.3 is 0 Å². The molecule has 2 heteroatoms. The summed E-state index contributed by atoms with van der Waals surface area (Å²) in [7, 11) is 0. The number of ketones is 1. The SMILES string of the molecule is O=C1CCC=CC1=Cc1cccs1. The molecule has 1 aromatic rings. The number of carbonyl (C=O) groups is 1. The van der Waals surface area contributed by atoms with E-state index < -0.39 is 0 Å². The van der Waals surface area contributed by atoms with Crippen LogP contribution in [0.3, 0.4) is 0 Å². The topological polar surface area (TPSA) is 17.1 Å². The first kappa shape index (κ1) is 8.45. The van der Waals surface area contributed by atoms with E-state index in [1.165, 1.54) is 0 Å². The first-order valence-electron chi connectivity index (χ1n) is 4.31. The average molecular weight is 190 g/mol. The van der Waals surface area contributed by atoms with E-state index in [1.54, 1.807) is 11.3 Å². The summed E-state index contributed by atoms with van der Waals surface area (Å²) in [5, 5.41) is 2.02. The Morgan fingerprint density at radius 1 is 1.46 bits per heavy atom. The molecule has 1 nitrogen and oxygen atoms in total. The lowest BCUT2D eigenvalue weighted by Gasteiger charge is -2.04. The number of allylic oxidation sites excluding steroid dienone is 3. The summed E-state index contributed by atoms with van der Waals surface area (Å²) in [4.78, 5) is 12.6. The van der Waals surface area contributed by atoms with Gasteiger partial charge in [0.25, 0.3) is 0 Å². The van der Waals surface area contributed by atoms with Crippen molar-refractivity contribution in [3.8, 4) is 0 Å². The third kappa shape index (κ3) is 1.95. The smallest absolute Gasteiger partial charge is 0.163 e. The van der Waals surface area contributed by atoms with Gasteiger partial charge in [0.05, 0.1) is 0 Å². The van der Waals surface area contributed by atoms with Gasteiger partial charge in [-0.2, -0.15) is 0 Å². The van der Waals surface area contributed by atoms with Gasteiger partial charge >= 0.3 is 0 Å². The fraction of sp³-hybridized carbons (Fsp3) is 0.182. The Bertz CT molecular complexity index is 357. The van der Waals surface area contributed by atoms with Crippen LogP contribution in [0.15, 0.2) is 35.2 Å². The largest absolute Gasteiger partial charge is 0.294 e. The highest BCUT2D eigenvalue weighted by Gasteiger charge is 2.09. The van der Waals surface area contributed by atoms with Gasteiger partial charge in [-0.3, -0.25) is 4.79 Å². The molecule has 0 saturated carbocycles. The second kappa shape index (κ2) is 3.71. The molecule has 1 aliphatic rings. The second-order valence-corrected chi connectivity index (χ2v) is 3.96. The monoisotopic (exact) mass is 190 g/mol. The van der Waals surface area contributed by atoms with Crippen LogP contribution >= 0.6 is 11.3 Å². The Labute approximate surface area is 81.4 Å². The molecule has 0 aliphatic heterocycles.